The van der Waals surface area contributed by atoms with Crippen LogP contribution in [0.4, 0.5) is 0 Å². The summed E-state index contributed by atoms with van der Waals surface area (Å²) in [7, 11) is -7.58. The van der Waals surface area contributed by atoms with Crippen molar-refractivity contribution in [3.05, 3.63) is 0 Å². The molecule has 14 N–H and O–H groups in total. The van der Waals surface area contributed by atoms with Crippen LogP contribution in [0.3, 0.4) is 0 Å². The van der Waals surface area contributed by atoms with Crippen LogP contribution < -0.4 is 38.9 Å². The summed E-state index contributed by atoms with van der Waals surface area (Å²) in [5, 5.41) is 17.6. The van der Waals surface area contributed by atoms with E-state index in [9.17, 15) is 8.42 Å². The molecule has 216 valence electrons. The third-order valence-electron chi connectivity index (χ3n) is 3.41. The summed E-state index contributed by atoms with van der Waals surface area (Å²) in [6, 6.07) is 0. The van der Waals surface area contributed by atoms with Gasteiger partial charge in [0.05, 0.1) is 42.6 Å². The Hall–Kier alpha value is -2.31. The number of nitriles is 1. The minimum atomic E-state index is -3.92. The summed E-state index contributed by atoms with van der Waals surface area (Å²) >= 11 is 0. The van der Waals surface area contributed by atoms with Gasteiger partial charge in [-0.2, -0.15) is 13.7 Å². The molecule has 2 aliphatic rings. The molecule has 0 fully saturated rings. The molecule has 0 spiro atoms. The second-order valence-corrected chi connectivity index (χ2v) is 9.88. The van der Waals surface area contributed by atoms with Crippen LogP contribution in [0.25, 0.3) is 0 Å². The van der Waals surface area contributed by atoms with E-state index in [2.05, 4.69) is 25.5 Å². The molecular weight excluding hydrogens is 520 g/mol. The van der Waals surface area contributed by atoms with Crippen LogP contribution in [-0.2, 0) is 20.2 Å². The van der Waals surface area contributed by atoms with Crippen molar-refractivity contribution < 1.29 is 36.0 Å². The van der Waals surface area contributed by atoms with E-state index in [-0.39, 0.29) is 11.4 Å². The van der Waals surface area contributed by atoms with Crippen molar-refractivity contribution in [2.45, 2.75) is 25.7 Å². The minimum Gasteiger partial charge on any atom is -0.748 e. The maximum absolute atomic E-state index is 9.19. The van der Waals surface area contributed by atoms with Gasteiger partial charge in [0.2, 0.25) is 12.2 Å². The van der Waals surface area contributed by atoms with Crippen LogP contribution in [0.2, 0.25) is 0 Å². The largest absolute Gasteiger partial charge is 0.748 e. The highest BCUT2D eigenvalue weighted by Crippen LogP contribution is 1.95. The second-order valence-electron chi connectivity index (χ2n) is 7.00. The van der Waals surface area contributed by atoms with E-state index in [1.165, 1.54) is 38.1 Å². The van der Waals surface area contributed by atoms with Crippen molar-refractivity contribution in [3.63, 3.8) is 0 Å². The van der Waals surface area contributed by atoms with Gasteiger partial charge in [0.15, 0.2) is 0 Å². The number of aliphatic imine (C=N–C) groups is 1. The summed E-state index contributed by atoms with van der Waals surface area (Å²) in [5.41, 5.74) is 20.0. The van der Waals surface area contributed by atoms with Crippen LogP contribution in [0.5, 0.6) is 0 Å². The molecule has 0 aromatic carbocycles. The fourth-order valence-corrected chi connectivity index (χ4v) is 2.21. The third kappa shape index (κ3) is 49.0. The summed E-state index contributed by atoms with van der Waals surface area (Å²) in [6.07, 6.45) is 7.41. The van der Waals surface area contributed by atoms with Gasteiger partial charge in [-0.15, -0.1) is 4.99 Å². The molecule has 0 aromatic rings. The minimum absolute atomic E-state index is 0. The highest BCUT2D eigenvalue weighted by atomic mass is 32.2. The Balaban J connectivity index is -0.000000183. The van der Waals surface area contributed by atoms with Gasteiger partial charge >= 0.3 is 5.96 Å². The molecule has 0 atom stereocenters. The zero-order valence-electron chi connectivity index (χ0n) is 20.9. The number of rotatable bonds is 6. The van der Waals surface area contributed by atoms with E-state index in [0.717, 1.165) is 52.1 Å². The molecule has 0 saturated heterocycles. The van der Waals surface area contributed by atoms with Gasteiger partial charge in [0.1, 0.15) is 0 Å². The SMILES string of the molecule is C1CNC2=[N+](C1)CCCN2.CS(=O)(=O)O.CS(=O)(=O)[O-].N#CN=C(N)N.NCCCNCCCN.O. The molecule has 0 amide bonds. The van der Waals surface area contributed by atoms with Crippen molar-refractivity contribution in [1.29, 1.82) is 5.26 Å². The average Bonchev–Trinajstić information content (AvgIpc) is 2.72. The van der Waals surface area contributed by atoms with Crippen LogP contribution in [0.15, 0.2) is 4.99 Å². The summed E-state index contributed by atoms with van der Waals surface area (Å²) in [5.74, 6) is 1.06. The lowest BCUT2D eigenvalue weighted by Crippen LogP contribution is -2.52. The molecule has 0 bridgehead atoms. The number of hydrogen-bond acceptors (Lipinski definition) is 12. The Morgan fingerprint density at radius 3 is 1.67 bits per heavy atom. The average molecular weight is 565 g/mol. The Bertz CT molecular complexity index is 754. The molecule has 2 aliphatic heterocycles. The Kier molecular flexibility index (Phi) is 29.2. The number of hydrogen-bond donors (Lipinski definition) is 8. The van der Waals surface area contributed by atoms with E-state index in [4.69, 9.17) is 45.7 Å². The Morgan fingerprint density at radius 1 is 1.08 bits per heavy atom. The quantitative estimate of drug-likeness (QED) is 0.0375. The van der Waals surface area contributed by atoms with Crippen LogP contribution >= 0.6 is 0 Å². The van der Waals surface area contributed by atoms with Gasteiger partial charge in [-0.05, 0) is 39.0 Å². The van der Waals surface area contributed by atoms with Gasteiger partial charge in [0.25, 0.3) is 10.1 Å². The first-order chi connectivity index (χ1) is 16.2. The smallest absolute Gasteiger partial charge is 0.345 e. The number of nitrogens with two attached hydrogens (primary N) is 4. The molecule has 17 nitrogen and oxygen atoms in total. The number of nitrogens with zero attached hydrogens (tertiary/aromatic N) is 3. The monoisotopic (exact) mass is 564 g/mol. The molecule has 0 radical (unpaired) electrons. The maximum atomic E-state index is 9.19. The zero-order chi connectivity index (χ0) is 27.8. The zero-order valence-corrected chi connectivity index (χ0v) is 22.6. The van der Waals surface area contributed by atoms with E-state index in [1.807, 2.05) is 0 Å². The summed E-state index contributed by atoms with van der Waals surface area (Å²) < 4.78 is 55.5. The first kappa shape index (κ1) is 40.8. The lowest BCUT2D eigenvalue weighted by Gasteiger charge is -2.22. The molecule has 0 saturated carbocycles. The van der Waals surface area contributed by atoms with Gasteiger partial charge in [-0.3, -0.25) is 19.8 Å². The van der Waals surface area contributed by atoms with Gasteiger partial charge < -0.3 is 38.3 Å². The molecule has 36 heavy (non-hydrogen) atoms. The molecule has 0 aliphatic carbocycles. The van der Waals surface area contributed by atoms with Gasteiger partial charge in [-0.25, -0.2) is 8.42 Å². The summed E-state index contributed by atoms with van der Waals surface area (Å²) in [6.45, 7) is 8.33. The second kappa shape index (κ2) is 25.8. The number of nitrogens with one attached hydrogen (secondary N) is 3. The van der Waals surface area contributed by atoms with Crippen LogP contribution in [0, 0.1) is 11.5 Å². The highest BCUT2D eigenvalue weighted by molar-refractivity contribution is 7.85. The van der Waals surface area contributed by atoms with Gasteiger partial charge in [0, 0.05) is 19.1 Å². The van der Waals surface area contributed by atoms with E-state index < -0.39 is 20.2 Å². The number of guanidine groups is 2. The topological polar surface area (TPSA) is 322 Å². The first-order valence-electron chi connectivity index (χ1n) is 10.7. The predicted molar refractivity (Wildman–Crippen MR) is 139 cm³/mol. The lowest BCUT2D eigenvalue weighted by atomic mass is 10.3. The fourth-order valence-electron chi connectivity index (χ4n) is 2.21. The maximum Gasteiger partial charge on any atom is 0.345 e. The summed E-state index contributed by atoms with van der Waals surface area (Å²) in [4.78, 5) is 2.90. The van der Waals surface area contributed by atoms with Crippen molar-refractivity contribution in [2.75, 3.05) is 64.9 Å². The molecule has 0 aromatic heterocycles. The third-order valence-corrected chi connectivity index (χ3v) is 3.41. The molecule has 19 heteroatoms. The fraction of sp³-hybridized carbons (Fsp3) is 0.824. The predicted octanol–water partition coefficient (Wildman–Crippen LogP) is -4.80. The Labute approximate surface area is 214 Å². The van der Waals surface area contributed by atoms with E-state index >= 15 is 0 Å². The van der Waals surface area contributed by atoms with Crippen molar-refractivity contribution in [2.24, 2.45) is 27.9 Å². The standard InChI is InChI=1S/C7H13N3.C6H17N3.C2H4N4.2CH4O3S.H2O/c1-3-8-7-9-4-2-6-10(7)5-1;7-3-1-5-9-6-2-4-8;3-1-6-2(4)5;2*1-5(2,3)4;/h1-6H2,(H,8,9);9H,1-8H2;(H4,4,5,6);2*1H3,(H,2,3,4);1H2. The van der Waals surface area contributed by atoms with E-state index in [0.29, 0.717) is 12.5 Å². The molecule has 2 heterocycles. The Morgan fingerprint density at radius 2 is 1.44 bits per heavy atom. The van der Waals surface area contributed by atoms with Crippen molar-refractivity contribution >= 4 is 32.2 Å². The van der Waals surface area contributed by atoms with Crippen LogP contribution in [0.1, 0.15) is 25.7 Å². The van der Waals surface area contributed by atoms with Crippen molar-refractivity contribution in [1.82, 2.24) is 16.0 Å². The van der Waals surface area contributed by atoms with Gasteiger partial charge in [-0.1, -0.05) is 0 Å². The normalized spacial score (nSPS) is 13.6. The van der Waals surface area contributed by atoms with E-state index in [1.54, 1.807) is 0 Å². The molecular formula is C17H44N10O7S2. The molecule has 0 unspecified atom stereocenters. The van der Waals surface area contributed by atoms with Crippen LogP contribution in [-0.4, -0.2) is 113 Å². The highest BCUT2D eigenvalue weighted by Gasteiger charge is 2.19. The lowest BCUT2D eigenvalue weighted by molar-refractivity contribution is -0.539. The molecule has 2 rings (SSSR count). The first-order valence-corrected chi connectivity index (χ1v) is 14.3. The van der Waals surface area contributed by atoms with Crippen molar-refractivity contribution in [3.8, 4) is 6.19 Å².